The lowest BCUT2D eigenvalue weighted by molar-refractivity contribution is 1.25. The maximum absolute atomic E-state index is 2.43. The number of aryl methyl sites for hydroxylation is 6. The van der Waals surface area contributed by atoms with Crippen LogP contribution in [0.25, 0.3) is 32.3 Å². The highest BCUT2D eigenvalue weighted by Crippen LogP contribution is 2.47. The third kappa shape index (κ3) is 5.47. The maximum atomic E-state index is 2.43. The van der Waals surface area contributed by atoms with Crippen molar-refractivity contribution in [1.82, 2.24) is 0 Å². The fourth-order valence-electron chi connectivity index (χ4n) is 7.25. The Kier molecular flexibility index (Phi) is 7.88. The van der Waals surface area contributed by atoms with E-state index in [9.17, 15) is 0 Å². The van der Waals surface area contributed by atoms with E-state index >= 15 is 0 Å². The fraction of sp³-hybridized carbons (Fsp3) is 0.125. The second kappa shape index (κ2) is 12.5. The Morgan fingerprint density at radius 3 is 0.980 bits per heavy atom. The Bertz CT molecular complexity index is 2360. The van der Waals surface area contributed by atoms with E-state index in [1.54, 1.807) is 0 Å². The van der Waals surface area contributed by atoms with Crippen LogP contribution < -0.4 is 9.80 Å². The van der Waals surface area contributed by atoms with Gasteiger partial charge in [-0.15, -0.1) is 0 Å². The second-order valence-corrected chi connectivity index (χ2v) is 13.9. The molecule has 0 aliphatic carbocycles. The molecule has 0 N–H and O–H groups in total. The van der Waals surface area contributed by atoms with Crippen molar-refractivity contribution in [3.8, 4) is 0 Å². The summed E-state index contributed by atoms with van der Waals surface area (Å²) in [4.78, 5) is 4.87. The van der Waals surface area contributed by atoms with Crippen molar-refractivity contribution in [3.63, 3.8) is 0 Å². The van der Waals surface area contributed by atoms with Crippen molar-refractivity contribution in [2.75, 3.05) is 9.80 Å². The zero-order chi connectivity index (χ0) is 34.5. The zero-order valence-corrected chi connectivity index (χ0v) is 29.8. The van der Waals surface area contributed by atoms with Crippen LogP contribution in [0.15, 0.2) is 146 Å². The lowest BCUT2D eigenvalue weighted by Gasteiger charge is -2.30. The van der Waals surface area contributed by atoms with Gasteiger partial charge in [0, 0.05) is 33.5 Å². The molecule has 0 saturated carbocycles. The van der Waals surface area contributed by atoms with Gasteiger partial charge in [0.1, 0.15) is 0 Å². The van der Waals surface area contributed by atoms with Crippen molar-refractivity contribution < 1.29 is 0 Å². The summed E-state index contributed by atoms with van der Waals surface area (Å²) >= 11 is 0. The monoisotopic (exact) mass is 646 g/mol. The van der Waals surface area contributed by atoms with E-state index in [0.29, 0.717) is 0 Å². The van der Waals surface area contributed by atoms with Gasteiger partial charge in [0.15, 0.2) is 0 Å². The molecule has 244 valence electrons. The number of anilines is 6. The molecule has 0 radical (unpaired) electrons. The van der Waals surface area contributed by atoms with Gasteiger partial charge >= 0.3 is 0 Å². The number of hydrogen-bond donors (Lipinski definition) is 0. The molecule has 0 atom stereocenters. The lowest BCUT2D eigenvalue weighted by atomic mass is 9.93. The molecule has 8 aromatic carbocycles. The predicted molar refractivity (Wildman–Crippen MR) is 217 cm³/mol. The van der Waals surface area contributed by atoms with Crippen LogP contribution in [0, 0.1) is 41.5 Å². The fourth-order valence-corrected chi connectivity index (χ4v) is 7.25. The van der Waals surface area contributed by atoms with E-state index in [4.69, 9.17) is 0 Å². The Morgan fingerprint density at radius 2 is 0.620 bits per heavy atom. The first-order chi connectivity index (χ1) is 24.3. The van der Waals surface area contributed by atoms with Crippen LogP contribution in [0.5, 0.6) is 0 Å². The van der Waals surface area contributed by atoms with Gasteiger partial charge in [0.25, 0.3) is 0 Å². The van der Waals surface area contributed by atoms with Gasteiger partial charge in [-0.3, -0.25) is 0 Å². The van der Waals surface area contributed by atoms with E-state index < -0.39 is 0 Å². The van der Waals surface area contributed by atoms with Crippen LogP contribution in [0.3, 0.4) is 0 Å². The quantitative estimate of drug-likeness (QED) is 0.166. The summed E-state index contributed by atoms with van der Waals surface area (Å²) in [6.45, 7) is 13.1. The Morgan fingerprint density at radius 1 is 0.280 bits per heavy atom. The Balaban J connectivity index is 1.46. The highest BCUT2D eigenvalue weighted by molar-refractivity contribution is 6.24. The van der Waals surface area contributed by atoms with Crippen molar-refractivity contribution in [2.45, 2.75) is 41.5 Å². The molecule has 0 amide bonds. The third-order valence-electron chi connectivity index (χ3n) is 10.4. The van der Waals surface area contributed by atoms with Gasteiger partial charge in [-0.05, 0) is 146 Å². The van der Waals surface area contributed by atoms with Gasteiger partial charge < -0.3 is 9.80 Å². The molecule has 0 fully saturated rings. The lowest BCUT2D eigenvalue weighted by Crippen LogP contribution is -2.12. The standard InChI is InChI=1S/C48H42N2/c1-31-15-21-37(22-16-31)49(39-25-19-33(3)35(5)27-39)47-29-45-42-12-8-10-14-44(42)48(30-46(45)41-11-7-9-13-43(41)47)50(38-23-17-32(2)18-24-38)40-26-20-34(4)36(6)28-40/h7-30H,1-6H3. The second-order valence-electron chi connectivity index (χ2n) is 13.9. The highest BCUT2D eigenvalue weighted by atomic mass is 15.2. The van der Waals surface area contributed by atoms with Crippen LogP contribution in [0.2, 0.25) is 0 Å². The summed E-state index contributed by atoms with van der Waals surface area (Å²) in [6, 6.07) is 54.1. The SMILES string of the molecule is Cc1ccc(N(c2ccc(C)c(C)c2)c2cc3c4ccccc4c(N(c4ccc(C)cc4)c4ccc(C)c(C)c4)cc3c3ccccc23)cc1. The molecule has 0 aliphatic heterocycles. The Hall–Kier alpha value is -5.86. The van der Waals surface area contributed by atoms with Gasteiger partial charge in [0.2, 0.25) is 0 Å². The normalized spacial score (nSPS) is 11.4. The molecule has 0 unspecified atom stereocenters. The molecule has 50 heavy (non-hydrogen) atoms. The van der Waals surface area contributed by atoms with Gasteiger partial charge in [-0.25, -0.2) is 0 Å². The van der Waals surface area contributed by atoms with E-state index in [2.05, 4.69) is 197 Å². The largest absolute Gasteiger partial charge is 0.310 e. The first kappa shape index (κ1) is 31.4. The van der Waals surface area contributed by atoms with Crippen LogP contribution in [-0.2, 0) is 0 Å². The molecule has 2 nitrogen and oxygen atoms in total. The van der Waals surface area contributed by atoms with Gasteiger partial charge in [-0.2, -0.15) is 0 Å². The third-order valence-corrected chi connectivity index (χ3v) is 10.4. The summed E-state index contributed by atoms with van der Waals surface area (Å²) in [5.74, 6) is 0. The number of hydrogen-bond acceptors (Lipinski definition) is 2. The minimum atomic E-state index is 1.14. The zero-order valence-electron chi connectivity index (χ0n) is 29.8. The van der Waals surface area contributed by atoms with Crippen molar-refractivity contribution >= 4 is 66.4 Å². The molecule has 8 aromatic rings. The predicted octanol–water partition coefficient (Wildman–Crippen LogP) is 13.9. The maximum Gasteiger partial charge on any atom is 0.0546 e. The van der Waals surface area contributed by atoms with Crippen LogP contribution in [0.1, 0.15) is 33.4 Å². The average molecular weight is 647 g/mol. The smallest absolute Gasteiger partial charge is 0.0546 e. The molecule has 0 aliphatic rings. The first-order valence-electron chi connectivity index (χ1n) is 17.5. The molecule has 0 spiro atoms. The topological polar surface area (TPSA) is 6.48 Å². The number of nitrogens with zero attached hydrogens (tertiary/aromatic N) is 2. The van der Waals surface area contributed by atoms with Gasteiger partial charge in [0.05, 0.1) is 11.4 Å². The summed E-state index contributed by atoms with van der Waals surface area (Å²) in [5, 5.41) is 7.38. The molecule has 0 bridgehead atoms. The summed E-state index contributed by atoms with van der Waals surface area (Å²) in [7, 11) is 0. The minimum Gasteiger partial charge on any atom is -0.310 e. The molecular formula is C48H42N2. The van der Waals surface area contributed by atoms with E-state index in [1.807, 2.05) is 0 Å². The molecule has 8 rings (SSSR count). The molecular weight excluding hydrogens is 605 g/mol. The molecule has 0 aromatic heterocycles. The van der Waals surface area contributed by atoms with Crippen molar-refractivity contribution in [2.24, 2.45) is 0 Å². The van der Waals surface area contributed by atoms with E-state index in [1.165, 1.54) is 77.1 Å². The number of rotatable bonds is 6. The summed E-state index contributed by atoms with van der Waals surface area (Å²) < 4.78 is 0. The number of benzene rings is 8. The molecule has 0 saturated heterocycles. The molecule has 2 heteroatoms. The molecule has 0 heterocycles. The van der Waals surface area contributed by atoms with E-state index in [-0.39, 0.29) is 0 Å². The van der Waals surface area contributed by atoms with Gasteiger partial charge in [-0.1, -0.05) is 96.1 Å². The van der Waals surface area contributed by atoms with Crippen molar-refractivity contribution in [3.05, 3.63) is 179 Å². The average Bonchev–Trinajstić information content (AvgIpc) is 3.13. The minimum absolute atomic E-state index is 1.14. The van der Waals surface area contributed by atoms with Crippen molar-refractivity contribution in [1.29, 1.82) is 0 Å². The summed E-state index contributed by atoms with van der Waals surface area (Å²) in [6.07, 6.45) is 0. The number of fused-ring (bicyclic) bond motifs is 5. The van der Waals surface area contributed by atoms with Crippen LogP contribution in [0.4, 0.5) is 34.1 Å². The first-order valence-corrected chi connectivity index (χ1v) is 17.5. The highest BCUT2D eigenvalue weighted by Gasteiger charge is 2.22. The summed E-state index contributed by atoms with van der Waals surface area (Å²) in [5.41, 5.74) is 14.6. The van der Waals surface area contributed by atoms with Crippen LogP contribution in [-0.4, -0.2) is 0 Å². The Labute approximate surface area is 295 Å². The van der Waals surface area contributed by atoms with E-state index in [0.717, 1.165) is 22.7 Å². The van der Waals surface area contributed by atoms with Crippen LogP contribution >= 0.6 is 0 Å².